The van der Waals surface area contributed by atoms with E-state index in [9.17, 15) is 8.42 Å². The van der Waals surface area contributed by atoms with Gasteiger partial charge in [-0.15, -0.1) is 0 Å². The smallest absolute Gasteiger partial charge is 0.308 e. The highest BCUT2D eigenvalue weighted by atomic mass is 32.2. The number of hydrogen-bond donors (Lipinski definition) is 1. The van der Waals surface area contributed by atoms with Gasteiger partial charge in [0, 0.05) is 53.1 Å². The van der Waals surface area contributed by atoms with Crippen molar-refractivity contribution in [2.45, 2.75) is 29.6 Å². The Morgan fingerprint density at radius 1 is 0.971 bits per heavy atom. The minimum absolute atomic E-state index is 0.0483. The lowest BCUT2D eigenvalue weighted by atomic mass is 9.91. The van der Waals surface area contributed by atoms with Crippen molar-refractivity contribution in [3.05, 3.63) is 71.8 Å². The van der Waals surface area contributed by atoms with Crippen LogP contribution in [0.25, 0.3) is 0 Å². The highest BCUT2D eigenvalue weighted by Gasteiger charge is 2.27. The van der Waals surface area contributed by atoms with Gasteiger partial charge >= 0.3 is 10.1 Å². The van der Waals surface area contributed by atoms with Gasteiger partial charge in [-0.25, -0.2) is 0 Å². The highest BCUT2D eigenvalue weighted by molar-refractivity contribution is 7.99. The van der Waals surface area contributed by atoms with Gasteiger partial charge in [-0.3, -0.25) is 0 Å². The summed E-state index contributed by atoms with van der Waals surface area (Å²) in [6.07, 6.45) is 0. The standard InChI is InChI=1S/C27H31N3O3S2/c1-4-35(31,32)33-27-22(13-14-25-26(27)28-23-7-5-6-8-24(23)34-25)19(2)20-9-11-21(12-10-20)30-17-15-29(3)16-18-30/h5-14,19,28H,4,15-18H2,1-3H3. The predicted molar refractivity (Wildman–Crippen MR) is 144 cm³/mol. The fourth-order valence-corrected chi connectivity index (χ4v) is 6.08. The van der Waals surface area contributed by atoms with Gasteiger partial charge in [0.15, 0.2) is 5.75 Å². The monoisotopic (exact) mass is 509 g/mol. The van der Waals surface area contributed by atoms with Gasteiger partial charge in [-0.2, -0.15) is 8.42 Å². The molecule has 1 atom stereocenters. The van der Waals surface area contributed by atoms with E-state index >= 15 is 0 Å². The molecule has 6 nitrogen and oxygen atoms in total. The summed E-state index contributed by atoms with van der Waals surface area (Å²) >= 11 is 1.62. The number of rotatable bonds is 6. The van der Waals surface area contributed by atoms with Crippen LogP contribution in [0.4, 0.5) is 17.1 Å². The molecule has 1 unspecified atom stereocenters. The molecule has 3 aromatic carbocycles. The Bertz CT molecular complexity index is 1320. The van der Waals surface area contributed by atoms with Crippen molar-refractivity contribution in [2.75, 3.05) is 49.2 Å². The molecule has 0 aromatic heterocycles. The average Bonchev–Trinajstić information content (AvgIpc) is 2.88. The molecular formula is C27H31N3O3S2. The Morgan fingerprint density at radius 3 is 2.40 bits per heavy atom. The third-order valence-corrected chi connectivity index (χ3v) is 9.07. The molecule has 1 fully saturated rings. The van der Waals surface area contributed by atoms with Crippen LogP contribution >= 0.6 is 11.8 Å². The van der Waals surface area contributed by atoms with Crippen LogP contribution in [0.1, 0.15) is 30.9 Å². The van der Waals surface area contributed by atoms with Gasteiger partial charge in [0.2, 0.25) is 0 Å². The number of hydrogen-bond acceptors (Lipinski definition) is 7. The van der Waals surface area contributed by atoms with Crippen molar-refractivity contribution in [1.82, 2.24) is 4.90 Å². The first-order valence-electron chi connectivity index (χ1n) is 12.0. The molecule has 35 heavy (non-hydrogen) atoms. The van der Waals surface area contributed by atoms with Crippen molar-refractivity contribution in [2.24, 2.45) is 0 Å². The number of para-hydroxylation sites is 1. The summed E-state index contributed by atoms with van der Waals surface area (Å²) in [5.74, 6) is 0.253. The summed E-state index contributed by atoms with van der Waals surface area (Å²) in [7, 11) is -1.55. The van der Waals surface area contributed by atoms with Crippen LogP contribution in [0.15, 0.2) is 70.5 Å². The molecule has 2 aliphatic rings. The number of nitrogens with zero attached hydrogens (tertiary/aromatic N) is 2. The van der Waals surface area contributed by atoms with E-state index in [1.165, 1.54) is 5.69 Å². The van der Waals surface area contributed by atoms with E-state index in [0.29, 0.717) is 11.4 Å². The molecule has 0 amide bonds. The molecule has 1 N–H and O–H groups in total. The lowest BCUT2D eigenvalue weighted by Crippen LogP contribution is -2.44. The van der Waals surface area contributed by atoms with Crippen molar-refractivity contribution < 1.29 is 12.6 Å². The lowest BCUT2D eigenvalue weighted by Gasteiger charge is -2.34. The fourth-order valence-electron chi connectivity index (χ4n) is 4.53. The zero-order valence-corrected chi connectivity index (χ0v) is 22.0. The molecule has 0 radical (unpaired) electrons. The van der Waals surface area contributed by atoms with E-state index < -0.39 is 10.1 Å². The van der Waals surface area contributed by atoms with E-state index in [4.69, 9.17) is 4.18 Å². The quantitative estimate of drug-likeness (QED) is 0.343. The Kier molecular flexibility index (Phi) is 6.70. The minimum atomic E-state index is -3.71. The van der Waals surface area contributed by atoms with E-state index in [1.807, 2.05) is 24.3 Å². The Balaban J connectivity index is 1.49. The van der Waals surface area contributed by atoms with E-state index in [1.54, 1.807) is 18.7 Å². The molecule has 0 aliphatic carbocycles. The fraction of sp³-hybridized carbons (Fsp3) is 0.333. The number of nitrogens with one attached hydrogen (secondary N) is 1. The topological polar surface area (TPSA) is 61.9 Å². The molecule has 184 valence electrons. The zero-order valence-electron chi connectivity index (χ0n) is 20.3. The maximum Gasteiger partial charge on any atom is 0.308 e. The molecule has 8 heteroatoms. The predicted octanol–water partition coefficient (Wildman–Crippen LogP) is 5.53. The number of benzene rings is 3. The van der Waals surface area contributed by atoms with Gasteiger partial charge in [-0.05, 0) is 49.9 Å². The first-order valence-corrected chi connectivity index (χ1v) is 14.4. The second kappa shape index (κ2) is 9.76. The number of anilines is 3. The van der Waals surface area contributed by atoms with Gasteiger partial charge in [0.1, 0.15) is 0 Å². The molecule has 5 rings (SSSR count). The number of piperazine rings is 1. The molecule has 2 aliphatic heterocycles. The summed E-state index contributed by atoms with van der Waals surface area (Å²) in [6, 6.07) is 20.7. The van der Waals surface area contributed by atoms with Crippen LogP contribution < -0.4 is 14.4 Å². The average molecular weight is 510 g/mol. The van der Waals surface area contributed by atoms with E-state index in [0.717, 1.165) is 52.8 Å². The van der Waals surface area contributed by atoms with Gasteiger partial charge in [0.05, 0.1) is 17.1 Å². The maximum atomic E-state index is 12.6. The van der Waals surface area contributed by atoms with Crippen LogP contribution in [0.2, 0.25) is 0 Å². The molecule has 0 spiro atoms. The largest absolute Gasteiger partial charge is 0.380 e. The normalized spacial score (nSPS) is 16.7. The summed E-state index contributed by atoms with van der Waals surface area (Å²) < 4.78 is 30.9. The van der Waals surface area contributed by atoms with Crippen LogP contribution in [-0.4, -0.2) is 52.3 Å². The van der Waals surface area contributed by atoms with Gasteiger partial charge in [-0.1, -0.05) is 49.0 Å². The van der Waals surface area contributed by atoms with Gasteiger partial charge in [0.25, 0.3) is 0 Å². The lowest BCUT2D eigenvalue weighted by molar-refractivity contribution is 0.313. The summed E-state index contributed by atoms with van der Waals surface area (Å²) in [5.41, 5.74) is 4.85. The number of fused-ring (bicyclic) bond motifs is 2. The third kappa shape index (κ3) is 5.01. The molecule has 2 heterocycles. The van der Waals surface area contributed by atoms with Gasteiger partial charge < -0.3 is 19.3 Å². The summed E-state index contributed by atoms with van der Waals surface area (Å²) in [4.78, 5) is 6.81. The molecule has 0 bridgehead atoms. The van der Waals surface area contributed by atoms with E-state index in [-0.39, 0.29) is 11.7 Å². The highest BCUT2D eigenvalue weighted by Crippen LogP contribution is 2.51. The van der Waals surface area contributed by atoms with Crippen molar-refractivity contribution in [3.63, 3.8) is 0 Å². The molecule has 0 saturated carbocycles. The van der Waals surface area contributed by atoms with Crippen LogP contribution in [0, 0.1) is 0 Å². The molecule has 3 aromatic rings. The van der Waals surface area contributed by atoms with Crippen LogP contribution in [0.3, 0.4) is 0 Å². The number of likely N-dealkylation sites (N-methyl/N-ethyl adjacent to an activating group) is 1. The first kappa shape index (κ1) is 24.0. The second-order valence-corrected chi connectivity index (χ2v) is 12.1. The summed E-state index contributed by atoms with van der Waals surface area (Å²) in [6.45, 7) is 7.87. The van der Waals surface area contributed by atoms with E-state index in [2.05, 4.69) is 65.5 Å². The zero-order chi connectivity index (χ0) is 24.6. The van der Waals surface area contributed by atoms with Crippen LogP contribution in [0.5, 0.6) is 5.75 Å². The first-order chi connectivity index (χ1) is 16.8. The third-order valence-electron chi connectivity index (χ3n) is 6.81. The maximum absolute atomic E-state index is 12.6. The Hall–Kier alpha value is -2.68. The Morgan fingerprint density at radius 2 is 1.69 bits per heavy atom. The van der Waals surface area contributed by atoms with Crippen molar-refractivity contribution in [1.29, 1.82) is 0 Å². The van der Waals surface area contributed by atoms with Crippen molar-refractivity contribution >= 4 is 38.9 Å². The minimum Gasteiger partial charge on any atom is -0.380 e. The SMILES string of the molecule is CCS(=O)(=O)Oc1c(C(C)c2ccc(N3CCN(C)CC3)cc2)ccc2c1Nc1ccccc1S2. The molecule has 1 saturated heterocycles. The second-order valence-electron chi connectivity index (χ2n) is 9.11. The summed E-state index contributed by atoms with van der Waals surface area (Å²) in [5, 5.41) is 3.44. The van der Waals surface area contributed by atoms with Crippen molar-refractivity contribution in [3.8, 4) is 5.75 Å². The molecular weight excluding hydrogens is 478 g/mol. The van der Waals surface area contributed by atoms with Crippen LogP contribution in [-0.2, 0) is 10.1 Å². The Labute approximate surface area is 212 Å².